The minimum absolute atomic E-state index is 0.144. The first kappa shape index (κ1) is 26.6. The Balaban J connectivity index is 2.77. The van der Waals surface area contributed by atoms with E-state index in [1.165, 1.54) is 0 Å². The highest BCUT2D eigenvalue weighted by atomic mass is 16.4. The first-order valence-corrected chi connectivity index (χ1v) is 10.2. The summed E-state index contributed by atoms with van der Waals surface area (Å²) in [6.45, 7) is 3.03. The van der Waals surface area contributed by atoms with Crippen LogP contribution in [0.3, 0.4) is 0 Å². The van der Waals surface area contributed by atoms with Crippen molar-refractivity contribution in [2.75, 3.05) is 6.54 Å². The van der Waals surface area contributed by atoms with Gasteiger partial charge in [0.25, 0.3) is 0 Å². The first-order chi connectivity index (χ1) is 15.0. The van der Waals surface area contributed by atoms with Gasteiger partial charge in [0.05, 0.1) is 12.6 Å². The van der Waals surface area contributed by atoms with Crippen LogP contribution in [0.25, 0.3) is 0 Å². The van der Waals surface area contributed by atoms with Gasteiger partial charge in [0.15, 0.2) is 0 Å². The van der Waals surface area contributed by atoms with Crippen molar-refractivity contribution in [3.8, 4) is 0 Å². The number of carbonyl (C=O) groups excluding carboxylic acids is 4. The molecule has 0 heterocycles. The molecule has 1 rings (SSSR count). The summed E-state index contributed by atoms with van der Waals surface area (Å²) in [5.41, 5.74) is 11.6. The standard InChI is InChI=1S/C21H31N5O6/c1-12(2)18(23)20(30)26-15(10-13-6-4-3-5-7-13)19(29)24-11-17(28)25-14(21(31)32)8-9-16(22)27/h3-7,12,14-15,18H,8-11,23H2,1-2H3,(H2,22,27)(H,24,29)(H,25,28)(H,26,30)(H,31,32). The van der Waals surface area contributed by atoms with Crippen LogP contribution >= 0.6 is 0 Å². The monoisotopic (exact) mass is 449 g/mol. The molecule has 0 aliphatic carbocycles. The predicted molar refractivity (Wildman–Crippen MR) is 116 cm³/mol. The third kappa shape index (κ3) is 9.56. The Morgan fingerprint density at radius 2 is 1.59 bits per heavy atom. The molecule has 0 aromatic heterocycles. The van der Waals surface area contributed by atoms with Crippen molar-refractivity contribution in [3.05, 3.63) is 35.9 Å². The average Bonchev–Trinajstić information content (AvgIpc) is 2.74. The maximum Gasteiger partial charge on any atom is 0.326 e. The van der Waals surface area contributed by atoms with Gasteiger partial charge >= 0.3 is 5.97 Å². The third-order valence-electron chi connectivity index (χ3n) is 4.67. The molecule has 176 valence electrons. The molecule has 0 aliphatic rings. The van der Waals surface area contributed by atoms with Gasteiger partial charge in [-0.3, -0.25) is 19.2 Å². The van der Waals surface area contributed by atoms with Gasteiger partial charge in [-0.1, -0.05) is 44.2 Å². The van der Waals surface area contributed by atoms with Crippen LogP contribution in [-0.2, 0) is 30.4 Å². The summed E-state index contributed by atoms with van der Waals surface area (Å²) in [5.74, 6) is -4.07. The lowest BCUT2D eigenvalue weighted by molar-refractivity contribution is -0.142. The molecule has 0 bridgehead atoms. The second kappa shape index (κ2) is 13.1. The van der Waals surface area contributed by atoms with E-state index < -0.39 is 54.3 Å². The maximum atomic E-state index is 12.7. The van der Waals surface area contributed by atoms with Gasteiger partial charge < -0.3 is 32.5 Å². The highest BCUT2D eigenvalue weighted by Crippen LogP contribution is 2.05. The molecule has 8 N–H and O–H groups in total. The topological polar surface area (TPSA) is 194 Å². The molecule has 11 heteroatoms. The van der Waals surface area contributed by atoms with Crippen molar-refractivity contribution in [3.63, 3.8) is 0 Å². The molecule has 0 aliphatic heterocycles. The van der Waals surface area contributed by atoms with Crippen molar-refractivity contribution in [2.45, 2.75) is 51.2 Å². The lowest BCUT2D eigenvalue weighted by Gasteiger charge is -2.22. The minimum Gasteiger partial charge on any atom is -0.480 e. The van der Waals surface area contributed by atoms with E-state index in [-0.39, 0.29) is 25.2 Å². The zero-order valence-electron chi connectivity index (χ0n) is 18.2. The lowest BCUT2D eigenvalue weighted by atomic mass is 10.0. The Morgan fingerprint density at radius 1 is 0.969 bits per heavy atom. The van der Waals surface area contributed by atoms with Crippen molar-refractivity contribution in [2.24, 2.45) is 17.4 Å². The Hall–Kier alpha value is -3.47. The molecule has 1 aromatic rings. The van der Waals surface area contributed by atoms with Crippen LogP contribution in [0.2, 0.25) is 0 Å². The smallest absolute Gasteiger partial charge is 0.326 e. The van der Waals surface area contributed by atoms with E-state index in [1.54, 1.807) is 38.1 Å². The zero-order valence-corrected chi connectivity index (χ0v) is 18.2. The molecule has 0 fully saturated rings. The van der Waals surface area contributed by atoms with Crippen molar-refractivity contribution in [1.29, 1.82) is 0 Å². The minimum atomic E-state index is -1.33. The van der Waals surface area contributed by atoms with Crippen LogP contribution in [0.15, 0.2) is 30.3 Å². The van der Waals surface area contributed by atoms with E-state index in [1.807, 2.05) is 6.07 Å². The molecule has 3 atom stereocenters. The van der Waals surface area contributed by atoms with Crippen molar-refractivity contribution < 1.29 is 29.1 Å². The first-order valence-electron chi connectivity index (χ1n) is 10.2. The lowest BCUT2D eigenvalue weighted by Crippen LogP contribution is -2.55. The SMILES string of the molecule is CC(C)C(N)C(=O)NC(Cc1ccccc1)C(=O)NCC(=O)NC(CCC(N)=O)C(=O)O. The Morgan fingerprint density at radius 3 is 2.12 bits per heavy atom. The third-order valence-corrected chi connectivity index (χ3v) is 4.67. The van der Waals surface area contributed by atoms with E-state index in [0.717, 1.165) is 5.56 Å². The summed E-state index contributed by atoms with van der Waals surface area (Å²) < 4.78 is 0. The van der Waals surface area contributed by atoms with Crippen LogP contribution in [0.1, 0.15) is 32.3 Å². The van der Waals surface area contributed by atoms with Gasteiger partial charge in [-0.2, -0.15) is 0 Å². The van der Waals surface area contributed by atoms with Gasteiger partial charge in [-0.25, -0.2) is 4.79 Å². The predicted octanol–water partition coefficient (Wildman–Crippen LogP) is -1.35. The number of rotatable bonds is 13. The summed E-state index contributed by atoms with van der Waals surface area (Å²) in [6, 6.07) is 5.84. The van der Waals surface area contributed by atoms with Crippen LogP contribution in [0, 0.1) is 5.92 Å². The molecule has 0 saturated carbocycles. The van der Waals surface area contributed by atoms with Gasteiger partial charge in [0, 0.05) is 12.8 Å². The average molecular weight is 450 g/mol. The highest BCUT2D eigenvalue weighted by Gasteiger charge is 2.26. The van der Waals surface area contributed by atoms with E-state index in [0.29, 0.717) is 0 Å². The molecule has 32 heavy (non-hydrogen) atoms. The van der Waals surface area contributed by atoms with Gasteiger partial charge in [-0.05, 0) is 17.9 Å². The molecule has 0 radical (unpaired) electrons. The highest BCUT2D eigenvalue weighted by molar-refractivity contribution is 5.92. The normalized spacial score (nSPS) is 13.5. The fraction of sp³-hybridized carbons (Fsp3) is 0.476. The van der Waals surface area contributed by atoms with E-state index >= 15 is 0 Å². The number of amides is 4. The number of primary amides is 1. The summed E-state index contributed by atoms with van der Waals surface area (Å²) in [7, 11) is 0. The number of carbonyl (C=O) groups is 5. The number of aliphatic carboxylic acids is 1. The summed E-state index contributed by atoms with van der Waals surface area (Å²) in [5, 5.41) is 16.4. The number of hydrogen-bond acceptors (Lipinski definition) is 6. The Kier molecular flexibility index (Phi) is 10.8. The maximum absolute atomic E-state index is 12.7. The fourth-order valence-corrected chi connectivity index (χ4v) is 2.71. The van der Waals surface area contributed by atoms with Crippen molar-refractivity contribution in [1.82, 2.24) is 16.0 Å². The second-order valence-electron chi connectivity index (χ2n) is 7.70. The molecular weight excluding hydrogens is 418 g/mol. The molecule has 3 unspecified atom stereocenters. The number of benzene rings is 1. The molecule has 0 saturated heterocycles. The van der Waals surface area contributed by atoms with E-state index in [4.69, 9.17) is 16.6 Å². The molecular formula is C21H31N5O6. The van der Waals surface area contributed by atoms with Crippen LogP contribution in [0.4, 0.5) is 0 Å². The van der Waals surface area contributed by atoms with Crippen LogP contribution in [-0.4, -0.2) is 59.4 Å². The fourth-order valence-electron chi connectivity index (χ4n) is 2.71. The molecule has 0 spiro atoms. The van der Waals surface area contributed by atoms with Crippen LogP contribution in [0.5, 0.6) is 0 Å². The number of nitrogens with one attached hydrogen (secondary N) is 3. The summed E-state index contributed by atoms with van der Waals surface area (Å²) in [6.07, 6.45) is -0.226. The molecule has 4 amide bonds. The number of carboxylic acid groups (broad SMARTS) is 1. The second-order valence-corrected chi connectivity index (χ2v) is 7.70. The molecule has 11 nitrogen and oxygen atoms in total. The van der Waals surface area contributed by atoms with Crippen molar-refractivity contribution >= 4 is 29.6 Å². The van der Waals surface area contributed by atoms with Crippen LogP contribution < -0.4 is 27.4 Å². The van der Waals surface area contributed by atoms with Gasteiger partial charge in [-0.15, -0.1) is 0 Å². The number of hydrogen-bond donors (Lipinski definition) is 6. The Labute approximate surface area is 186 Å². The summed E-state index contributed by atoms with van der Waals surface area (Å²) >= 11 is 0. The van der Waals surface area contributed by atoms with E-state index in [9.17, 15) is 24.0 Å². The van der Waals surface area contributed by atoms with Gasteiger partial charge in [0.2, 0.25) is 23.6 Å². The van der Waals surface area contributed by atoms with Gasteiger partial charge in [0.1, 0.15) is 12.1 Å². The zero-order chi connectivity index (χ0) is 24.3. The Bertz CT molecular complexity index is 814. The quantitative estimate of drug-likeness (QED) is 0.214. The number of nitrogens with two attached hydrogens (primary N) is 2. The largest absolute Gasteiger partial charge is 0.480 e. The van der Waals surface area contributed by atoms with E-state index in [2.05, 4.69) is 16.0 Å². The molecule has 1 aromatic carbocycles. The number of carboxylic acids is 1. The summed E-state index contributed by atoms with van der Waals surface area (Å²) in [4.78, 5) is 59.2.